The van der Waals surface area contributed by atoms with Gasteiger partial charge >= 0.3 is 5.69 Å². The predicted molar refractivity (Wildman–Crippen MR) is 65.7 cm³/mol. The number of H-pyrrole nitrogens is 1. The van der Waals surface area contributed by atoms with Gasteiger partial charge in [0, 0.05) is 13.6 Å². The summed E-state index contributed by atoms with van der Waals surface area (Å²) in [6.45, 7) is 4.66. The van der Waals surface area contributed by atoms with E-state index >= 15 is 0 Å². The van der Waals surface area contributed by atoms with Crippen molar-refractivity contribution in [1.82, 2.24) is 9.55 Å². The zero-order chi connectivity index (χ0) is 13.0. The van der Waals surface area contributed by atoms with E-state index in [1.807, 2.05) is 13.8 Å². The lowest BCUT2D eigenvalue weighted by Crippen LogP contribution is -2.33. The van der Waals surface area contributed by atoms with E-state index in [9.17, 15) is 14.5 Å². The molecule has 0 unspecified atom stereocenters. The maximum atomic E-state index is 11.5. The minimum atomic E-state index is -0.698. The molecule has 0 atom stereocenters. The number of hydrogen-bond acceptors (Lipinski definition) is 5. The molecule has 1 aromatic heterocycles. The summed E-state index contributed by atoms with van der Waals surface area (Å²) in [6, 6.07) is 0. The molecule has 2 N–H and O–H groups in total. The van der Waals surface area contributed by atoms with Gasteiger partial charge in [-0.2, -0.15) is 0 Å². The summed E-state index contributed by atoms with van der Waals surface area (Å²) in [5, 5.41) is 5.50. The fourth-order valence-electron chi connectivity index (χ4n) is 1.31. The molecule has 0 spiro atoms. The Balaban J connectivity index is 3.03. The number of aromatic nitrogens is 2. The van der Waals surface area contributed by atoms with E-state index < -0.39 is 11.2 Å². The molecule has 0 aliphatic heterocycles. The molecule has 7 nitrogen and oxygen atoms in total. The van der Waals surface area contributed by atoms with E-state index in [0.717, 1.165) is 11.0 Å². The van der Waals surface area contributed by atoms with Gasteiger partial charge in [-0.3, -0.25) is 14.3 Å². The Morgan fingerprint density at radius 2 is 2.06 bits per heavy atom. The van der Waals surface area contributed by atoms with Crippen LogP contribution in [0.1, 0.15) is 20.3 Å². The number of rotatable bonds is 5. The van der Waals surface area contributed by atoms with Gasteiger partial charge in [0.15, 0.2) is 0 Å². The van der Waals surface area contributed by atoms with Crippen LogP contribution in [0.2, 0.25) is 0 Å². The van der Waals surface area contributed by atoms with Gasteiger partial charge < -0.3 is 5.32 Å². The second-order valence-electron chi connectivity index (χ2n) is 4.22. The average molecular weight is 240 g/mol. The molecule has 0 saturated carbocycles. The molecule has 0 aliphatic rings. The van der Waals surface area contributed by atoms with Crippen LogP contribution in [-0.4, -0.2) is 16.1 Å². The van der Waals surface area contributed by atoms with E-state index in [1.54, 1.807) is 0 Å². The number of nitroso groups, excluding NO2 is 1. The van der Waals surface area contributed by atoms with Crippen molar-refractivity contribution in [2.75, 3.05) is 11.9 Å². The Bertz CT molecular complexity index is 515. The van der Waals surface area contributed by atoms with Gasteiger partial charge in [0.1, 0.15) is 5.82 Å². The smallest absolute Gasteiger partial charge is 0.329 e. The minimum absolute atomic E-state index is 0.0914. The Kier molecular flexibility index (Phi) is 4.19. The summed E-state index contributed by atoms with van der Waals surface area (Å²) in [5.74, 6) is 0.571. The molecule has 1 rings (SSSR count). The second-order valence-corrected chi connectivity index (χ2v) is 4.22. The Labute approximate surface area is 97.8 Å². The molecule has 0 fully saturated rings. The van der Waals surface area contributed by atoms with Crippen molar-refractivity contribution in [2.45, 2.75) is 20.3 Å². The van der Waals surface area contributed by atoms with Crippen LogP contribution in [0.15, 0.2) is 14.8 Å². The average Bonchev–Trinajstić information content (AvgIpc) is 2.26. The molecule has 1 aromatic rings. The van der Waals surface area contributed by atoms with Gasteiger partial charge in [-0.1, -0.05) is 13.8 Å². The molecule has 0 bridgehead atoms. The molecule has 17 heavy (non-hydrogen) atoms. The monoisotopic (exact) mass is 240 g/mol. The SMILES string of the molecule is CC(C)CCNc1[nH]c(=O)n(C)c(=O)c1N=O. The van der Waals surface area contributed by atoms with Crippen LogP contribution in [0.25, 0.3) is 0 Å². The lowest BCUT2D eigenvalue weighted by molar-refractivity contribution is 0.606. The molecular weight excluding hydrogens is 224 g/mol. The zero-order valence-electron chi connectivity index (χ0n) is 10.1. The third-order valence-electron chi connectivity index (χ3n) is 2.40. The quantitative estimate of drug-likeness (QED) is 0.748. The standard InChI is InChI=1S/C10H16N4O3/c1-6(2)4-5-11-8-7(13-17)9(15)14(3)10(16)12-8/h6,11H,4-5H2,1-3H3,(H,12,16). The largest absolute Gasteiger partial charge is 0.369 e. The Morgan fingerprint density at radius 3 is 2.59 bits per heavy atom. The summed E-state index contributed by atoms with van der Waals surface area (Å²) < 4.78 is 0.810. The predicted octanol–water partition coefficient (Wildman–Crippen LogP) is 0.929. The lowest BCUT2D eigenvalue weighted by atomic mass is 10.1. The van der Waals surface area contributed by atoms with Crippen molar-refractivity contribution >= 4 is 11.5 Å². The fraction of sp³-hybridized carbons (Fsp3) is 0.600. The van der Waals surface area contributed by atoms with Crippen molar-refractivity contribution in [1.29, 1.82) is 0 Å². The van der Waals surface area contributed by atoms with Crippen LogP contribution in [0, 0.1) is 10.8 Å². The molecule has 0 aromatic carbocycles. The highest BCUT2D eigenvalue weighted by molar-refractivity contribution is 5.58. The first-order valence-corrected chi connectivity index (χ1v) is 5.38. The van der Waals surface area contributed by atoms with Crippen molar-refractivity contribution < 1.29 is 0 Å². The Hall–Kier alpha value is -1.92. The van der Waals surface area contributed by atoms with Crippen molar-refractivity contribution in [3.63, 3.8) is 0 Å². The number of hydrogen-bond donors (Lipinski definition) is 2. The van der Waals surface area contributed by atoms with Crippen molar-refractivity contribution in [3.05, 3.63) is 25.7 Å². The summed E-state index contributed by atoms with van der Waals surface area (Å²) >= 11 is 0. The number of aromatic amines is 1. The number of nitrogens with one attached hydrogen (secondary N) is 2. The molecule has 7 heteroatoms. The number of anilines is 1. The highest BCUT2D eigenvalue weighted by Crippen LogP contribution is 2.14. The van der Waals surface area contributed by atoms with Crippen LogP contribution in [0.3, 0.4) is 0 Å². The van der Waals surface area contributed by atoms with Crippen LogP contribution < -0.4 is 16.6 Å². The van der Waals surface area contributed by atoms with Gasteiger partial charge in [-0.15, -0.1) is 4.91 Å². The van der Waals surface area contributed by atoms with Gasteiger partial charge in [-0.05, 0) is 17.5 Å². The zero-order valence-corrected chi connectivity index (χ0v) is 10.1. The molecule has 1 heterocycles. The van der Waals surface area contributed by atoms with E-state index in [4.69, 9.17) is 0 Å². The first kappa shape index (κ1) is 13.1. The normalized spacial score (nSPS) is 10.6. The summed E-state index contributed by atoms with van der Waals surface area (Å²) in [7, 11) is 1.29. The second kappa shape index (κ2) is 5.42. The molecule has 0 saturated heterocycles. The molecule has 0 radical (unpaired) electrons. The Morgan fingerprint density at radius 1 is 1.41 bits per heavy atom. The van der Waals surface area contributed by atoms with E-state index in [2.05, 4.69) is 15.5 Å². The maximum Gasteiger partial charge on any atom is 0.329 e. The fourth-order valence-corrected chi connectivity index (χ4v) is 1.31. The van der Waals surface area contributed by atoms with E-state index in [-0.39, 0.29) is 11.5 Å². The topological polar surface area (TPSA) is 96.3 Å². The van der Waals surface area contributed by atoms with Crippen molar-refractivity contribution in [2.24, 2.45) is 18.1 Å². The lowest BCUT2D eigenvalue weighted by Gasteiger charge is -2.09. The summed E-state index contributed by atoms with van der Waals surface area (Å²) in [6.07, 6.45) is 0.857. The molecule has 94 valence electrons. The van der Waals surface area contributed by atoms with Crippen LogP contribution in [-0.2, 0) is 7.05 Å². The first-order valence-electron chi connectivity index (χ1n) is 5.38. The van der Waals surface area contributed by atoms with Crippen LogP contribution >= 0.6 is 0 Å². The van der Waals surface area contributed by atoms with Crippen molar-refractivity contribution in [3.8, 4) is 0 Å². The highest BCUT2D eigenvalue weighted by Gasteiger charge is 2.12. The van der Waals surface area contributed by atoms with E-state index in [1.165, 1.54) is 7.05 Å². The third kappa shape index (κ3) is 3.02. The summed E-state index contributed by atoms with van der Waals surface area (Å²) in [4.78, 5) is 35.9. The van der Waals surface area contributed by atoms with Gasteiger partial charge in [-0.25, -0.2) is 4.79 Å². The highest BCUT2D eigenvalue weighted by atomic mass is 16.3. The maximum absolute atomic E-state index is 11.5. The van der Waals surface area contributed by atoms with Gasteiger partial charge in [0.05, 0.1) is 0 Å². The third-order valence-corrected chi connectivity index (χ3v) is 2.40. The minimum Gasteiger partial charge on any atom is -0.369 e. The van der Waals surface area contributed by atoms with Crippen LogP contribution in [0.4, 0.5) is 11.5 Å². The first-order chi connectivity index (χ1) is 7.97. The van der Waals surface area contributed by atoms with E-state index in [0.29, 0.717) is 12.5 Å². The van der Waals surface area contributed by atoms with Gasteiger partial charge in [0.25, 0.3) is 5.56 Å². The number of nitrogens with zero attached hydrogens (tertiary/aromatic N) is 2. The summed E-state index contributed by atoms with van der Waals surface area (Å²) in [5.41, 5.74) is -1.57. The molecular formula is C10H16N4O3. The van der Waals surface area contributed by atoms with Gasteiger partial charge in [0.2, 0.25) is 5.69 Å². The van der Waals surface area contributed by atoms with Crippen LogP contribution in [0.5, 0.6) is 0 Å². The molecule has 0 aliphatic carbocycles. The molecule has 0 amide bonds.